The van der Waals surface area contributed by atoms with Crippen LogP contribution < -0.4 is 5.32 Å². The van der Waals surface area contributed by atoms with Crippen molar-refractivity contribution in [3.8, 4) is 0 Å². The molecule has 7 nitrogen and oxygen atoms in total. The Labute approximate surface area is 217 Å². The molecular weight excluding hydrogens is 500 g/mol. The average molecular weight is 529 g/mol. The molecule has 0 saturated heterocycles. The van der Waals surface area contributed by atoms with Crippen LogP contribution in [0.5, 0.6) is 0 Å². The molecule has 0 aromatic heterocycles. The van der Waals surface area contributed by atoms with Gasteiger partial charge in [-0.1, -0.05) is 60.8 Å². The molecule has 1 N–H and O–H groups in total. The molecule has 0 bridgehead atoms. The summed E-state index contributed by atoms with van der Waals surface area (Å²) in [4.78, 5) is 25.0. The van der Waals surface area contributed by atoms with E-state index in [9.17, 15) is 18.0 Å². The monoisotopic (exact) mass is 528 g/mol. The van der Waals surface area contributed by atoms with E-state index >= 15 is 0 Å². The number of unbranched alkanes of at least 4 members (excludes halogenated alkanes) is 1. The van der Waals surface area contributed by atoms with E-state index in [0.29, 0.717) is 28.4 Å². The number of sulfonamides is 1. The van der Waals surface area contributed by atoms with Crippen molar-refractivity contribution in [1.29, 1.82) is 0 Å². The number of halogens is 1. The zero-order chi connectivity index (χ0) is 26.1. The highest BCUT2D eigenvalue weighted by Crippen LogP contribution is 2.23. The number of anilines is 1. The van der Waals surface area contributed by atoms with Gasteiger partial charge in [0.15, 0.2) is 0 Å². The second kappa shape index (κ2) is 12.7. The first kappa shape index (κ1) is 27.4. The van der Waals surface area contributed by atoms with Crippen molar-refractivity contribution in [1.82, 2.24) is 4.31 Å². The van der Waals surface area contributed by atoms with E-state index in [0.717, 1.165) is 22.7 Å². The number of nitrogens with zero attached hydrogens (tertiary/aromatic N) is 1. The summed E-state index contributed by atoms with van der Waals surface area (Å²) in [7, 11) is -4.00. The summed E-state index contributed by atoms with van der Waals surface area (Å²) in [5, 5.41) is 3.10. The lowest BCUT2D eigenvalue weighted by Gasteiger charge is -2.22. The lowest BCUT2D eigenvalue weighted by molar-refractivity contribution is -0.116. The summed E-state index contributed by atoms with van der Waals surface area (Å²) in [6.45, 7) is 3.72. The van der Waals surface area contributed by atoms with Gasteiger partial charge < -0.3 is 10.1 Å². The van der Waals surface area contributed by atoms with Gasteiger partial charge in [0.25, 0.3) is 0 Å². The lowest BCUT2D eigenvalue weighted by atomic mass is 10.2. The first-order chi connectivity index (χ1) is 17.2. The van der Waals surface area contributed by atoms with Crippen LogP contribution in [0.15, 0.2) is 77.7 Å². The van der Waals surface area contributed by atoms with Gasteiger partial charge in [-0.3, -0.25) is 4.79 Å². The van der Waals surface area contributed by atoms with Gasteiger partial charge >= 0.3 is 5.97 Å². The maximum atomic E-state index is 13.4. The smallest absolute Gasteiger partial charge is 0.338 e. The van der Waals surface area contributed by atoms with Crippen LogP contribution in [0.3, 0.4) is 0 Å². The predicted octanol–water partition coefficient (Wildman–Crippen LogP) is 5.43. The van der Waals surface area contributed by atoms with E-state index in [2.05, 4.69) is 5.32 Å². The zero-order valence-corrected chi connectivity index (χ0v) is 21.8. The van der Waals surface area contributed by atoms with Gasteiger partial charge in [-0.05, 0) is 61.4 Å². The number of ether oxygens (including phenoxy) is 1. The molecule has 3 aromatic carbocycles. The Balaban J connectivity index is 1.76. The van der Waals surface area contributed by atoms with Gasteiger partial charge in [0.05, 0.1) is 23.6 Å². The SMILES string of the molecule is CCCCOC(=O)c1ccc(NC(=O)CN(Cc2ccccc2Cl)S(=O)(=O)c2ccc(C)cc2)cc1. The van der Waals surface area contributed by atoms with E-state index in [1.54, 1.807) is 60.7 Å². The molecule has 0 heterocycles. The molecular formula is C27H29ClN2O5S. The van der Waals surface area contributed by atoms with E-state index in [4.69, 9.17) is 16.3 Å². The van der Waals surface area contributed by atoms with Crippen molar-refractivity contribution in [2.24, 2.45) is 0 Å². The zero-order valence-electron chi connectivity index (χ0n) is 20.2. The van der Waals surface area contributed by atoms with Crippen LogP contribution in [0.4, 0.5) is 5.69 Å². The minimum Gasteiger partial charge on any atom is -0.462 e. The molecule has 36 heavy (non-hydrogen) atoms. The quantitative estimate of drug-likeness (QED) is 0.264. The highest BCUT2D eigenvalue weighted by Gasteiger charge is 2.27. The van der Waals surface area contributed by atoms with Crippen molar-refractivity contribution in [3.63, 3.8) is 0 Å². The molecule has 3 aromatic rings. The summed E-state index contributed by atoms with van der Waals surface area (Å²) in [6, 6.07) is 19.6. The molecule has 0 spiro atoms. The Kier molecular flexibility index (Phi) is 9.64. The standard InChI is InChI=1S/C27H29ClN2O5S/c1-3-4-17-35-27(32)21-11-13-23(14-12-21)29-26(31)19-30(18-22-7-5-6-8-25(22)28)36(33,34)24-15-9-20(2)10-16-24/h5-16H,3-4,17-19H2,1-2H3,(H,29,31). The van der Waals surface area contributed by atoms with Gasteiger partial charge in [0.1, 0.15) is 0 Å². The first-order valence-corrected chi connectivity index (χ1v) is 13.4. The third kappa shape index (κ3) is 7.40. The number of nitrogens with one attached hydrogen (secondary N) is 1. The van der Waals surface area contributed by atoms with Crippen LogP contribution >= 0.6 is 11.6 Å². The molecule has 0 aliphatic heterocycles. The van der Waals surface area contributed by atoms with Crippen LogP contribution in [0.2, 0.25) is 5.02 Å². The normalized spacial score (nSPS) is 11.3. The van der Waals surface area contributed by atoms with Crippen molar-refractivity contribution in [2.75, 3.05) is 18.5 Å². The maximum Gasteiger partial charge on any atom is 0.338 e. The maximum absolute atomic E-state index is 13.4. The molecule has 0 radical (unpaired) electrons. The summed E-state index contributed by atoms with van der Waals surface area (Å²) >= 11 is 6.27. The number of esters is 1. The Bertz CT molecular complexity index is 1290. The summed E-state index contributed by atoms with van der Waals surface area (Å²) in [5.41, 5.74) is 2.29. The number of aryl methyl sites for hydroxylation is 1. The third-order valence-electron chi connectivity index (χ3n) is 5.42. The highest BCUT2D eigenvalue weighted by atomic mass is 35.5. The summed E-state index contributed by atoms with van der Waals surface area (Å²) < 4.78 is 33.1. The fourth-order valence-corrected chi connectivity index (χ4v) is 4.91. The van der Waals surface area contributed by atoms with Crippen LogP contribution in [-0.4, -0.2) is 37.8 Å². The molecule has 1 amide bonds. The van der Waals surface area contributed by atoms with Crippen LogP contribution in [0, 0.1) is 6.92 Å². The van der Waals surface area contributed by atoms with Gasteiger partial charge in [0, 0.05) is 17.3 Å². The first-order valence-electron chi connectivity index (χ1n) is 11.6. The van der Waals surface area contributed by atoms with E-state index < -0.39 is 28.4 Å². The van der Waals surface area contributed by atoms with Gasteiger partial charge in [-0.2, -0.15) is 4.31 Å². The number of amides is 1. The molecule has 3 rings (SSSR count). The number of hydrogen-bond donors (Lipinski definition) is 1. The van der Waals surface area contributed by atoms with Crippen LogP contribution in [0.25, 0.3) is 0 Å². The Morgan fingerprint density at radius 3 is 2.28 bits per heavy atom. The molecule has 9 heteroatoms. The average Bonchev–Trinajstić information content (AvgIpc) is 2.85. The number of benzene rings is 3. The minimum atomic E-state index is -4.00. The Hall–Kier alpha value is -3.20. The second-order valence-corrected chi connectivity index (χ2v) is 10.6. The number of carbonyl (C=O) groups excluding carboxylic acids is 2. The molecule has 0 aliphatic carbocycles. The largest absolute Gasteiger partial charge is 0.462 e. The van der Waals surface area contributed by atoms with Crippen LogP contribution in [0.1, 0.15) is 41.3 Å². The van der Waals surface area contributed by atoms with Gasteiger partial charge in [0.2, 0.25) is 15.9 Å². The van der Waals surface area contributed by atoms with Crippen molar-refractivity contribution in [3.05, 3.63) is 94.5 Å². The van der Waals surface area contributed by atoms with Gasteiger partial charge in [-0.25, -0.2) is 13.2 Å². The third-order valence-corrected chi connectivity index (χ3v) is 7.59. The van der Waals surface area contributed by atoms with Crippen molar-refractivity contribution >= 4 is 39.2 Å². The van der Waals surface area contributed by atoms with E-state index in [1.807, 2.05) is 13.8 Å². The fraction of sp³-hybridized carbons (Fsp3) is 0.259. The summed E-state index contributed by atoms with van der Waals surface area (Å²) in [6.07, 6.45) is 1.71. The highest BCUT2D eigenvalue weighted by molar-refractivity contribution is 7.89. The molecule has 190 valence electrons. The molecule has 0 aliphatic rings. The molecule has 0 unspecified atom stereocenters. The van der Waals surface area contributed by atoms with Crippen LogP contribution in [-0.2, 0) is 26.1 Å². The number of rotatable bonds is 11. The second-order valence-electron chi connectivity index (χ2n) is 8.29. The minimum absolute atomic E-state index is 0.0775. The van der Waals surface area contributed by atoms with Crippen molar-refractivity contribution < 1.29 is 22.7 Å². The van der Waals surface area contributed by atoms with Crippen molar-refractivity contribution in [2.45, 2.75) is 38.1 Å². The summed E-state index contributed by atoms with van der Waals surface area (Å²) in [5.74, 6) is -0.965. The van der Waals surface area contributed by atoms with E-state index in [-0.39, 0.29) is 11.4 Å². The number of carbonyl (C=O) groups is 2. The fourth-order valence-electron chi connectivity index (χ4n) is 3.34. The Morgan fingerprint density at radius 2 is 1.64 bits per heavy atom. The van der Waals surface area contributed by atoms with E-state index in [1.165, 1.54) is 12.1 Å². The van der Waals surface area contributed by atoms with Gasteiger partial charge in [-0.15, -0.1) is 0 Å². The molecule has 0 saturated carbocycles. The number of hydrogen-bond acceptors (Lipinski definition) is 5. The predicted molar refractivity (Wildman–Crippen MR) is 140 cm³/mol. The Morgan fingerprint density at radius 1 is 0.972 bits per heavy atom. The molecule has 0 fully saturated rings. The molecule has 0 atom stereocenters. The topological polar surface area (TPSA) is 92.8 Å². The lowest BCUT2D eigenvalue weighted by Crippen LogP contribution is -2.37.